The number of hydrogen-bond acceptors (Lipinski definition) is 8. The van der Waals surface area contributed by atoms with Crippen molar-refractivity contribution in [3.8, 4) is 5.75 Å². The lowest BCUT2D eigenvalue weighted by molar-refractivity contribution is -0.147. The van der Waals surface area contributed by atoms with E-state index in [0.29, 0.717) is 23.3 Å². The third kappa shape index (κ3) is 2.83. The molecule has 9 heteroatoms. The van der Waals surface area contributed by atoms with Gasteiger partial charge in [0.1, 0.15) is 22.8 Å². The number of aliphatic hydroxyl groups is 3. The average Bonchev–Trinajstić information content (AvgIpc) is 2.68. The highest BCUT2D eigenvalue weighted by Crippen LogP contribution is 2.52. The summed E-state index contributed by atoms with van der Waals surface area (Å²) in [5.74, 6) is -5.54. The number of phenols is 1. The Hall–Kier alpha value is -2.78. The Morgan fingerprint density at radius 3 is 2.55 bits per heavy atom. The van der Waals surface area contributed by atoms with E-state index in [1.807, 2.05) is 19.2 Å². The topological polar surface area (TPSA) is 158 Å². The van der Waals surface area contributed by atoms with E-state index in [1.54, 1.807) is 0 Å². The van der Waals surface area contributed by atoms with Crippen LogP contribution in [0.3, 0.4) is 0 Å². The summed E-state index contributed by atoms with van der Waals surface area (Å²) < 4.78 is 0. The van der Waals surface area contributed by atoms with E-state index in [1.165, 1.54) is 11.8 Å². The molecule has 3 aliphatic rings. The van der Waals surface area contributed by atoms with E-state index in [0.717, 1.165) is 5.56 Å². The van der Waals surface area contributed by atoms with Gasteiger partial charge in [-0.2, -0.15) is 11.8 Å². The lowest BCUT2D eigenvalue weighted by Crippen LogP contribution is -2.58. The molecule has 0 radical (unpaired) electrons. The third-order valence-electron chi connectivity index (χ3n) is 6.67. The summed E-state index contributed by atoms with van der Waals surface area (Å²) in [6.45, 7) is 1.86. The lowest BCUT2D eigenvalue weighted by Gasteiger charge is -2.46. The van der Waals surface area contributed by atoms with Crippen LogP contribution in [0.1, 0.15) is 35.1 Å². The summed E-state index contributed by atoms with van der Waals surface area (Å²) in [5.41, 5.74) is 4.06. The van der Waals surface area contributed by atoms with Crippen LogP contribution in [0.25, 0.3) is 5.76 Å². The fourth-order valence-corrected chi connectivity index (χ4v) is 5.74. The molecule has 1 aromatic rings. The highest BCUT2D eigenvalue weighted by molar-refractivity contribution is 7.97. The minimum Gasteiger partial charge on any atom is -0.508 e. The molecule has 3 aliphatic carbocycles. The zero-order chi connectivity index (χ0) is 22.8. The van der Waals surface area contributed by atoms with Gasteiger partial charge in [-0.25, -0.2) is 0 Å². The Labute approximate surface area is 182 Å². The zero-order valence-electron chi connectivity index (χ0n) is 17.1. The Bertz CT molecular complexity index is 1120. The van der Waals surface area contributed by atoms with E-state index in [9.17, 15) is 34.8 Å². The smallest absolute Gasteiger partial charge is 0.255 e. The fourth-order valence-electron chi connectivity index (χ4n) is 5.21. The summed E-state index contributed by atoms with van der Waals surface area (Å²) in [7, 11) is 0. The number of carbonyl (C=O) groups excluding carboxylic acids is 3. The maximum Gasteiger partial charge on any atom is 0.255 e. The molecule has 6 N–H and O–H groups in total. The van der Waals surface area contributed by atoms with Gasteiger partial charge in [0.15, 0.2) is 11.4 Å². The quantitative estimate of drug-likeness (QED) is 0.439. The Morgan fingerprint density at radius 1 is 1.26 bits per heavy atom. The van der Waals surface area contributed by atoms with Crippen LogP contribution in [-0.4, -0.2) is 49.8 Å². The number of hydrogen-bond donors (Lipinski definition) is 5. The number of aromatic hydroxyl groups is 1. The number of primary amides is 1. The number of ketones is 2. The van der Waals surface area contributed by atoms with Crippen LogP contribution in [0.4, 0.5) is 0 Å². The highest BCUT2D eigenvalue weighted by Gasteiger charge is 2.60. The van der Waals surface area contributed by atoms with Crippen molar-refractivity contribution in [3.63, 3.8) is 0 Å². The van der Waals surface area contributed by atoms with Gasteiger partial charge in [-0.1, -0.05) is 6.07 Å². The number of nitrogens with two attached hydrogens (primary N) is 1. The first kappa shape index (κ1) is 21.5. The summed E-state index contributed by atoms with van der Waals surface area (Å²) in [6.07, 6.45) is 2.01. The molecular formula is C22H23NO7S. The molecule has 8 nitrogen and oxygen atoms in total. The normalized spacial score (nSPS) is 27.7. The highest BCUT2D eigenvalue weighted by atomic mass is 32.2. The van der Waals surface area contributed by atoms with Gasteiger partial charge in [0, 0.05) is 29.2 Å². The summed E-state index contributed by atoms with van der Waals surface area (Å²) in [5, 5.41) is 43.6. The Kier molecular flexibility index (Phi) is 4.94. The molecule has 0 bridgehead atoms. The molecule has 31 heavy (non-hydrogen) atoms. The second kappa shape index (κ2) is 7.13. The molecule has 0 aliphatic heterocycles. The largest absolute Gasteiger partial charge is 0.508 e. The molecule has 0 aromatic heterocycles. The number of amides is 1. The van der Waals surface area contributed by atoms with Crippen molar-refractivity contribution in [1.82, 2.24) is 0 Å². The number of aryl methyl sites for hydroxylation is 1. The summed E-state index contributed by atoms with van der Waals surface area (Å²) in [4.78, 5) is 37.4. The molecule has 3 atom stereocenters. The summed E-state index contributed by atoms with van der Waals surface area (Å²) in [6, 6.07) is 1.85. The molecular weight excluding hydrogens is 422 g/mol. The van der Waals surface area contributed by atoms with E-state index >= 15 is 0 Å². The fraction of sp³-hybridized carbons (Fsp3) is 0.409. The number of fused-ring (bicyclic) bond motifs is 3. The number of benzene rings is 1. The molecule has 1 amide bonds. The second-order valence-corrected chi connectivity index (χ2v) is 9.26. The van der Waals surface area contributed by atoms with Crippen LogP contribution in [0, 0.1) is 18.8 Å². The zero-order valence-corrected chi connectivity index (χ0v) is 17.9. The minimum atomic E-state index is -2.53. The van der Waals surface area contributed by atoms with E-state index in [-0.39, 0.29) is 29.7 Å². The lowest BCUT2D eigenvalue weighted by atomic mass is 9.59. The number of Topliss-reactive ketones (excluding diaryl/α,β-unsaturated/α-hetero) is 2. The van der Waals surface area contributed by atoms with E-state index in [4.69, 9.17) is 5.73 Å². The number of rotatable bonds is 3. The maximum absolute atomic E-state index is 13.4. The van der Waals surface area contributed by atoms with E-state index < -0.39 is 52.0 Å². The van der Waals surface area contributed by atoms with Crippen LogP contribution in [0.5, 0.6) is 5.75 Å². The molecule has 0 spiro atoms. The molecule has 0 heterocycles. The van der Waals surface area contributed by atoms with Crippen LogP contribution in [0.15, 0.2) is 23.0 Å². The van der Waals surface area contributed by atoms with Gasteiger partial charge in [0.05, 0.1) is 5.56 Å². The van der Waals surface area contributed by atoms with Gasteiger partial charge >= 0.3 is 0 Å². The number of thioether (sulfide) groups is 1. The molecule has 1 fully saturated rings. The minimum absolute atomic E-state index is 0.119. The van der Waals surface area contributed by atoms with Gasteiger partial charge in [0.2, 0.25) is 5.78 Å². The first-order chi connectivity index (χ1) is 14.5. The molecule has 164 valence electrons. The second-order valence-electron chi connectivity index (χ2n) is 8.39. The van der Waals surface area contributed by atoms with Crippen molar-refractivity contribution in [2.75, 3.05) is 6.26 Å². The van der Waals surface area contributed by atoms with Gasteiger partial charge in [-0.05, 0) is 43.1 Å². The standard InChI is InChI=1S/C22H23NO7S/c1-8-3-10(7-31-2)17(25)15-12(8)5-9-4-11-6-13(24)16(21(23)29)20(28)22(11,30)19(27)14(9)18(15)26/h3,9,11,25-26,28,30H,4-7H2,1-2H3,(H2,23,29). The van der Waals surface area contributed by atoms with E-state index in [2.05, 4.69) is 0 Å². The number of phenolic OH excluding ortho intramolecular Hbond substituents is 1. The third-order valence-corrected chi connectivity index (χ3v) is 7.27. The van der Waals surface area contributed by atoms with Crippen molar-refractivity contribution in [2.45, 2.75) is 37.5 Å². The Balaban J connectivity index is 1.93. The van der Waals surface area contributed by atoms with Crippen molar-refractivity contribution < 1.29 is 34.8 Å². The number of aliphatic hydroxyl groups excluding tert-OH is 2. The number of carbonyl (C=O) groups is 3. The van der Waals surface area contributed by atoms with Crippen molar-refractivity contribution in [1.29, 1.82) is 0 Å². The van der Waals surface area contributed by atoms with Gasteiger partial charge in [-0.3, -0.25) is 14.4 Å². The molecule has 3 unspecified atom stereocenters. The monoisotopic (exact) mass is 445 g/mol. The maximum atomic E-state index is 13.4. The van der Waals surface area contributed by atoms with Crippen LogP contribution in [0.2, 0.25) is 0 Å². The average molecular weight is 445 g/mol. The van der Waals surface area contributed by atoms with Gasteiger partial charge < -0.3 is 26.2 Å². The van der Waals surface area contributed by atoms with Crippen molar-refractivity contribution in [3.05, 3.63) is 45.2 Å². The first-order valence-electron chi connectivity index (χ1n) is 9.84. The Morgan fingerprint density at radius 2 is 1.94 bits per heavy atom. The van der Waals surface area contributed by atoms with Crippen LogP contribution < -0.4 is 5.73 Å². The molecule has 1 saturated carbocycles. The van der Waals surface area contributed by atoms with Crippen molar-refractivity contribution in [2.24, 2.45) is 17.6 Å². The van der Waals surface area contributed by atoms with Crippen LogP contribution >= 0.6 is 11.8 Å². The van der Waals surface area contributed by atoms with Gasteiger partial charge in [-0.15, -0.1) is 0 Å². The predicted molar refractivity (Wildman–Crippen MR) is 113 cm³/mol. The molecule has 1 aromatic carbocycles. The molecule has 0 saturated heterocycles. The summed E-state index contributed by atoms with van der Waals surface area (Å²) >= 11 is 1.49. The SMILES string of the molecule is CSCc1cc(C)c2c(c1O)C(O)=C1C(=O)C3(O)C(O)=C(C(N)=O)C(=O)CC3CC1C2. The van der Waals surface area contributed by atoms with Crippen LogP contribution in [-0.2, 0) is 26.6 Å². The van der Waals surface area contributed by atoms with Gasteiger partial charge in [0.25, 0.3) is 5.91 Å². The first-order valence-corrected chi connectivity index (χ1v) is 11.2. The predicted octanol–water partition coefficient (Wildman–Crippen LogP) is 1.60. The molecule has 4 rings (SSSR count). The van der Waals surface area contributed by atoms with Crippen molar-refractivity contribution >= 4 is 35.0 Å².